The van der Waals surface area contributed by atoms with Crippen molar-refractivity contribution in [3.8, 4) is 5.75 Å². The van der Waals surface area contributed by atoms with E-state index in [1.165, 1.54) is 6.20 Å². The van der Waals surface area contributed by atoms with Gasteiger partial charge < -0.3 is 4.84 Å². The Morgan fingerprint density at radius 3 is 2.15 bits per heavy atom. The SMILES string of the molecule is FC(F)(F)c1ccc(On2c[c]cn2)cc1C(F)(F)F. The van der Waals surface area contributed by atoms with Crippen LogP contribution < -0.4 is 4.84 Å². The van der Waals surface area contributed by atoms with E-state index in [-0.39, 0.29) is 6.07 Å². The highest BCUT2D eigenvalue weighted by Crippen LogP contribution is 2.41. The minimum Gasteiger partial charge on any atom is -0.358 e. The molecule has 0 saturated heterocycles. The smallest absolute Gasteiger partial charge is 0.358 e. The number of rotatable bonds is 2. The molecule has 0 saturated carbocycles. The van der Waals surface area contributed by atoms with Gasteiger partial charge in [-0.3, -0.25) is 0 Å². The molecule has 1 aromatic carbocycles. The van der Waals surface area contributed by atoms with Crippen LogP contribution in [-0.4, -0.2) is 9.94 Å². The zero-order valence-corrected chi connectivity index (χ0v) is 9.46. The van der Waals surface area contributed by atoms with Crippen molar-refractivity contribution in [2.75, 3.05) is 0 Å². The lowest BCUT2D eigenvalue weighted by Gasteiger charge is -2.16. The normalized spacial score (nSPS) is 12.5. The zero-order valence-electron chi connectivity index (χ0n) is 9.46. The van der Waals surface area contributed by atoms with Crippen LogP contribution in [-0.2, 0) is 12.4 Å². The monoisotopic (exact) mass is 295 g/mol. The third-order valence-electron chi connectivity index (χ3n) is 2.23. The van der Waals surface area contributed by atoms with E-state index in [0.717, 1.165) is 17.1 Å². The molecular weight excluding hydrogens is 290 g/mol. The van der Waals surface area contributed by atoms with Gasteiger partial charge in [-0.1, -0.05) is 4.85 Å². The molecule has 2 rings (SSSR count). The highest BCUT2D eigenvalue weighted by atomic mass is 19.4. The van der Waals surface area contributed by atoms with E-state index in [2.05, 4.69) is 11.2 Å². The fraction of sp³-hybridized carbons (Fsp3) is 0.182. The molecule has 0 fully saturated rings. The Hall–Kier alpha value is -2.19. The average molecular weight is 295 g/mol. The Morgan fingerprint density at radius 1 is 1.00 bits per heavy atom. The fourth-order valence-corrected chi connectivity index (χ4v) is 1.44. The summed E-state index contributed by atoms with van der Waals surface area (Å²) in [6, 6.07) is 3.81. The molecule has 0 aliphatic rings. The van der Waals surface area contributed by atoms with Gasteiger partial charge in [-0.2, -0.15) is 26.3 Å². The summed E-state index contributed by atoms with van der Waals surface area (Å²) in [7, 11) is 0. The van der Waals surface area contributed by atoms with Crippen LogP contribution in [0.4, 0.5) is 26.3 Å². The van der Waals surface area contributed by atoms with E-state index >= 15 is 0 Å². The Morgan fingerprint density at radius 2 is 1.65 bits per heavy atom. The quantitative estimate of drug-likeness (QED) is 0.792. The van der Waals surface area contributed by atoms with Crippen molar-refractivity contribution in [2.24, 2.45) is 0 Å². The molecule has 0 bridgehead atoms. The van der Waals surface area contributed by atoms with Crippen LogP contribution in [0, 0.1) is 6.07 Å². The van der Waals surface area contributed by atoms with E-state index in [0.29, 0.717) is 6.07 Å². The Balaban J connectivity index is 2.44. The topological polar surface area (TPSA) is 27.1 Å². The summed E-state index contributed by atoms with van der Waals surface area (Å²) in [5.74, 6) is -0.428. The molecule has 1 aromatic heterocycles. The molecule has 0 spiro atoms. The van der Waals surface area contributed by atoms with Crippen molar-refractivity contribution < 1.29 is 31.2 Å². The summed E-state index contributed by atoms with van der Waals surface area (Å²) >= 11 is 0. The summed E-state index contributed by atoms with van der Waals surface area (Å²) in [5, 5.41) is 3.51. The third-order valence-corrected chi connectivity index (χ3v) is 2.23. The number of aromatic nitrogens is 2. The molecule has 0 amide bonds. The van der Waals surface area contributed by atoms with Gasteiger partial charge in [0.15, 0.2) is 5.75 Å². The second-order valence-corrected chi connectivity index (χ2v) is 3.64. The molecule has 2 aromatic rings. The van der Waals surface area contributed by atoms with Crippen LogP contribution in [0.3, 0.4) is 0 Å². The molecule has 0 aliphatic heterocycles. The molecule has 1 heterocycles. The molecular formula is C11H5F6N2O. The second-order valence-electron chi connectivity index (χ2n) is 3.64. The maximum Gasteiger partial charge on any atom is 0.417 e. The van der Waals surface area contributed by atoms with E-state index in [1.807, 2.05) is 0 Å². The van der Waals surface area contributed by atoms with E-state index < -0.39 is 29.2 Å². The highest BCUT2D eigenvalue weighted by Gasteiger charge is 2.43. The van der Waals surface area contributed by atoms with E-state index in [4.69, 9.17) is 4.84 Å². The van der Waals surface area contributed by atoms with Crippen molar-refractivity contribution in [1.29, 1.82) is 0 Å². The van der Waals surface area contributed by atoms with Gasteiger partial charge in [-0.25, -0.2) is 0 Å². The summed E-state index contributed by atoms with van der Waals surface area (Å²) in [6.45, 7) is 0. The van der Waals surface area contributed by atoms with Crippen LogP contribution >= 0.6 is 0 Å². The molecule has 1 radical (unpaired) electrons. The number of benzene rings is 1. The summed E-state index contributed by atoms with van der Waals surface area (Å²) in [6.07, 6.45) is -7.93. The number of halogens is 6. The van der Waals surface area contributed by atoms with Gasteiger partial charge in [0.05, 0.1) is 23.5 Å². The van der Waals surface area contributed by atoms with Crippen molar-refractivity contribution >= 4 is 0 Å². The van der Waals surface area contributed by atoms with Gasteiger partial charge in [-0.15, -0.1) is 5.10 Å². The van der Waals surface area contributed by atoms with Crippen molar-refractivity contribution in [3.05, 3.63) is 47.8 Å². The van der Waals surface area contributed by atoms with Crippen LogP contribution in [0.15, 0.2) is 30.6 Å². The fourth-order valence-electron chi connectivity index (χ4n) is 1.44. The third kappa shape index (κ3) is 3.03. The van der Waals surface area contributed by atoms with Gasteiger partial charge in [0.25, 0.3) is 0 Å². The molecule has 107 valence electrons. The lowest BCUT2D eigenvalue weighted by molar-refractivity contribution is -0.162. The Bertz CT molecular complexity index is 588. The molecule has 0 N–H and O–H groups in total. The molecule has 9 heteroatoms. The van der Waals surface area contributed by atoms with Crippen molar-refractivity contribution in [1.82, 2.24) is 9.94 Å². The first-order valence-electron chi connectivity index (χ1n) is 5.05. The average Bonchev–Trinajstić information content (AvgIpc) is 2.79. The molecule has 3 nitrogen and oxygen atoms in total. The predicted molar refractivity (Wildman–Crippen MR) is 53.5 cm³/mol. The van der Waals surface area contributed by atoms with Crippen LogP contribution in [0.25, 0.3) is 0 Å². The molecule has 0 unspecified atom stereocenters. The van der Waals surface area contributed by atoms with E-state index in [9.17, 15) is 26.3 Å². The number of alkyl halides is 6. The van der Waals surface area contributed by atoms with Crippen LogP contribution in [0.1, 0.15) is 11.1 Å². The molecule has 0 atom stereocenters. The first-order chi connectivity index (χ1) is 9.18. The van der Waals surface area contributed by atoms with Gasteiger partial charge in [0.2, 0.25) is 0 Å². The number of hydrogen-bond acceptors (Lipinski definition) is 2. The first-order valence-corrected chi connectivity index (χ1v) is 5.05. The summed E-state index contributed by atoms with van der Waals surface area (Å²) in [4.78, 5) is 5.60. The number of nitrogens with zero attached hydrogens (tertiary/aromatic N) is 2. The minimum absolute atomic E-state index is 0.268. The first kappa shape index (κ1) is 14.2. The summed E-state index contributed by atoms with van der Waals surface area (Å²) in [5.41, 5.74) is -3.59. The predicted octanol–water partition coefficient (Wildman–Crippen LogP) is 3.56. The van der Waals surface area contributed by atoms with Crippen LogP contribution in [0.5, 0.6) is 5.75 Å². The largest absolute Gasteiger partial charge is 0.417 e. The Kier molecular flexibility index (Phi) is 3.36. The molecule has 0 aliphatic carbocycles. The van der Waals surface area contributed by atoms with Crippen LogP contribution in [0.2, 0.25) is 0 Å². The Labute approximate surface area is 108 Å². The van der Waals surface area contributed by atoms with Crippen molar-refractivity contribution in [2.45, 2.75) is 12.4 Å². The number of hydrogen-bond donors (Lipinski definition) is 0. The highest BCUT2D eigenvalue weighted by molar-refractivity contribution is 5.39. The van der Waals surface area contributed by atoms with Gasteiger partial charge >= 0.3 is 12.4 Å². The summed E-state index contributed by atoms with van der Waals surface area (Å²) < 4.78 is 75.5. The second kappa shape index (κ2) is 4.73. The maximum atomic E-state index is 12.7. The lowest BCUT2D eigenvalue weighted by Crippen LogP contribution is -2.17. The molecule has 20 heavy (non-hydrogen) atoms. The van der Waals surface area contributed by atoms with E-state index in [1.54, 1.807) is 0 Å². The maximum absolute atomic E-state index is 12.7. The standard InChI is InChI=1S/C11H5F6N2O/c12-10(13,14)8-3-2-7(6-9(8)11(15,16)17)20-19-5-1-4-18-19/h2-6H. The van der Waals surface area contributed by atoms with Gasteiger partial charge in [0, 0.05) is 6.07 Å². The van der Waals surface area contributed by atoms with Gasteiger partial charge in [0.1, 0.15) is 0 Å². The minimum atomic E-state index is -5.15. The zero-order chi connectivity index (χ0) is 15.0. The van der Waals surface area contributed by atoms with Crippen molar-refractivity contribution in [3.63, 3.8) is 0 Å². The lowest BCUT2D eigenvalue weighted by atomic mass is 10.1. The van der Waals surface area contributed by atoms with Gasteiger partial charge in [-0.05, 0) is 18.2 Å².